The van der Waals surface area contributed by atoms with E-state index in [9.17, 15) is 9.90 Å². The zero-order valence-electron chi connectivity index (χ0n) is 13.6. The number of carbonyl (C=O) groups excluding carboxylic acids is 1. The summed E-state index contributed by atoms with van der Waals surface area (Å²) in [6, 6.07) is 8.18. The van der Waals surface area contributed by atoms with Gasteiger partial charge in [0, 0.05) is 4.91 Å². The minimum absolute atomic E-state index is 0.0526. The van der Waals surface area contributed by atoms with Crippen LogP contribution >= 0.6 is 11.8 Å². The van der Waals surface area contributed by atoms with Crippen LogP contribution in [0.25, 0.3) is 10.4 Å². The van der Waals surface area contributed by atoms with Crippen LogP contribution in [0, 0.1) is 5.92 Å². The molecule has 1 fully saturated rings. The first-order valence-electron chi connectivity index (χ1n) is 7.80. The highest BCUT2D eigenvalue weighted by molar-refractivity contribution is 7.99. The second-order valence-corrected chi connectivity index (χ2v) is 6.88. The Morgan fingerprint density at radius 1 is 1.46 bits per heavy atom. The van der Waals surface area contributed by atoms with E-state index in [1.807, 2.05) is 19.9 Å². The third-order valence-corrected chi connectivity index (χ3v) is 5.00. The van der Waals surface area contributed by atoms with Gasteiger partial charge in [-0.2, -0.15) is 0 Å². The molecule has 1 heterocycles. The van der Waals surface area contributed by atoms with Gasteiger partial charge < -0.3 is 14.6 Å². The SMILES string of the molecule is CCS[C@@H]1OC(COC(=O)c2ccccc2)[C@@H](O)[C@H](C)C1N=[N+]=[N-]. The number of hydrogen-bond acceptors (Lipinski definition) is 6. The Balaban J connectivity index is 2.02. The van der Waals surface area contributed by atoms with E-state index in [2.05, 4.69) is 10.0 Å². The van der Waals surface area contributed by atoms with Crippen LogP contribution in [-0.2, 0) is 9.47 Å². The van der Waals surface area contributed by atoms with Crippen molar-refractivity contribution in [1.29, 1.82) is 0 Å². The van der Waals surface area contributed by atoms with Gasteiger partial charge in [-0.15, -0.1) is 11.8 Å². The molecular weight excluding hydrogens is 330 g/mol. The number of ether oxygens (including phenoxy) is 2. The molecule has 2 rings (SSSR count). The standard InChI is InChI=1S/C16H21N3O4S/c1-3-24-16-13(18-19-17)10(2)14(20)12(23-16)9-22-15(21)11-7-5-4-6-8-11/h4-8,10,12-14,16,20H,3,9H2,1-2H3/t10-,12?,13?,14+,16+/m1/s1. The second-order valence-electron chi connectivity index (χ2n) is 5.51. The highest BCUT2D eigenvalue weighted by Crippen LogP contribution is 2.34. The Kier molecular flexibility index (Phi) is 6.93. The summed E-state index contributed by atoms with van der Waals surface area (Å²) in [5.41, 5.74) is 8.80. The fourth-order valence-electron chi connectivity index (χ4n) is 2.60. The predicted molar refractivity (Wildman–Crippen MR) is 91.6 cm³/mol. The molecule has 2 unspecified atom stereocenters. The number of carbonyl (C=O) groups is 1. The maximum atomic E-state index is 12.0. The quantitative estimate of drug-likeness (QED) is 0.367. The summed E-state index contributed by atoms with van der Waals surface area (Å²) < 4.78 is 11.1. The maximum Gasteiger partial charge on any atom is 0.338 e. The van der Waals surface area contributed by atoms with Gasteiger partial charge in [-0.05, 0) is 29.3 Å². The summed E-state index contributed by atoms with van der Waals surface area (Å²) in [4.78, 5) is 14.9. The summed E-state index contributed by atoms with van der Waals surface area (Å²) >= 11 is 1.50. The third kappa shape index (κ3) is 4.42. The van der Waals surface area contributed by atoms with Gasteiger partial charge in [0.15, 0.2) is 0 Å². The molecule has 0 saturated carbocycles. The summed E-state index contributed by atoms with van der Waals surface area (Å²) in [5.74, 6) is 0.0246. The van der Waals surface area contributed by atoms with Crippen LogP contribution in [0.3, 0.4) is 0 Å². The number of rotatable bonds is 6. The van der Waals surface area contributed by atoms with Crippen molar-refractivity contribution >= 4 is 17.7 Å². The van der Waals surface area contributed by atoms with Crippen molar-refractivity contribution in [3.05, 3.63) is 46.3 Å². The van der Waals surface area contributed by atoms with Gasteiger partial charge in [0.25, 0.3) is 0 Å². The number of aliphatic hydroxyl groups excluding tert-OH is 1. The molecule has 8 heteroatoms. The monoisotopic (exact) mass is 351 g/mol. The normalized spacial score (nSPS) is 29.5. The van der Waals surface area contributed by atoms with Crippen molar-refractivity contribution < 1.29 is 19.4 Å². The molecule has 0 amide bonds. The number of esters is 1. The molecular formula is C16H21N3O4S. The molecule has 1 aromatic rings. The van der Waals surface area contributed by atoms with Gasteiger partial charge >= 0.3 is 5.97 Å². The van der Waals surface area contributed by atoms with E-state index in [0.29, 0.717) is 5.56 Å². The first kappa shape index (κ1) is 18.6. The molecule has 1 aliphatic heterocycles. The molecule has 1 aromatic carbocycles. The number of azide groups is 1. The van der Waals surface area contributed by atoms with E-state index in [-0.39, 0.29) is 18.0 Å². The van der Waals surface area contributed by atoms with Crippen LogP contribution in [0.2, 0.25) is 0 Å². The van der Waals surface area contributed by atoms with Crippen molar-refractivity contribution in [2.45, 2.75) is 37.5 Å². The van der Waals surface area contributed by atoms with Crippen LogP contribution < -0.4 is 0 Å². The minimum atomic E-state index is -0.877. The van der Waals surface area contributed by atoms with Gasteiger partial charge in [-0.25, -0.2) is 4.79 Å². The number of thioether (sulfide) groups is 1. The molecule has 0 aromatic heterocycles. The molecule has 0 radical (unpaired) electrons. The Labute approximate surface area is 145 Å². The molecule has 0 spiro atoms. The van der Waals surface area contributed by atoms with Gasteiger partial charge in [0.05, 0.1) is 17.7 Å². The topological polar surface area (TPSA) is 105 Å². The summed E-state index contributed by atoms with van der Waals surface area (Å²) in [6.07, 6.45) is -1.53. The van der Waals surface area contributed by atoms with Crippen molar-refractivity contribution in [2.24, 2.45) is 11.0 Å². The molecule has 5 atom stereocenters. The fourth-order valence-corrected chi connectivity index (χ4v) is 3.65. The highest BCUT2D eigenvalue weighted by Gasteiger charge is 2.43. The number of benzene rings is 1. The Hall–Kier alpha value is -1.73. The minimum Gasteiger partial charge on any atom is -0.459 e. The van der Waals surface area contributed by atoms with Crippen molar-refractivity contribution in [3.8, 4) is 0 Å². The molecule has 0 bridgehead atoms. The number of hydrogen-bond donors (Lipinski definition) is 1. The van der Waals surface area contributed by atoms with Crippen LogP contribution in [0.5, 0.6) is 0 Å². The van der Waals surface area contributed by atoms with Crippen molar-refractivity contribution in [2.75, 3.05) is 12.4 Å². The van der Waals surface area contributed by atoms with Crippen LogP contribution in [0.4, 0.5) is 0 Å². The first-order chi connectivity index (χ1) is 11.6. The molecule has 24 heavy (non-hydrogen) atoms. The lowest BCUT2D eigenvalue weighted by atomic mass is 9.90. The predicted octanol–water partition coefficient (Wildman–Crippen LogP) is 3.00. The van der Waals surface area contributed by atoms with Crippen molar-refractivity contribution in [1.82, 2.24) is 0 Å². The zero-order chi connectivity index (χ0) is 17.5. The van der Waals surface area contributed by atoms with Crippen molar-refractivity contribution in [3.63, 3.8) is 0 Å². The van der Waals surface area contributed by atoms with Crippen LogP contribution in [0.1, 0.15) is 24.2 Å². The van der Waals surface area contributed by atoms with Gasteiger partial charge in [0.1, 0.15) is 18.1 Å². The van der Waals surface area contributed by atoms with Gasteiger partial charge in [-0.3, -0.25) is 0 Å². The molecule has 0 aliphatic carbocycles. The molecule has 130 valence electrons. The van der Waals surface area contributed by atoms with E-state index in [1.165, 1.54) is 11.8 Å². The lowest BCUT2D eigenvalue weighted by molar-refractivity contribution is -0.138. The molecule has 7 nitrogen and oxygen atoms in total. The van der Waals surface area contributed by atoms with Gasteiger partial charge in [0.2, 0.25) is 0 Å². The number of nitrogens with zero attached hydrogens (tertiary/aromatic N) is 3. The average molecular weight is 351 g/mol. The molecule has 1 N–H and O–H groups in total. The van der Waals surface area contributed by atoms with Crippen LogP contribution in [0.15, 0.2) is 35.4 Å². The average Bonchev–Trinajstić information content (AvgIpc) is 2.60. The third-order valence-electron chi connectivity index (χ3n) is 3.95. The van der Waals surface area contributed by atoms with E-state index in [0.717, 1.165) is 5.75 Å². The Morgan fingerprint density at radius 3 is 2.79 bits per heavy atom. The smallest absolute Gasteiger partial charge is 0.338 e. The van der Waals surface area contributed by atoms with E-state index < -0.39 is 24.2 Å². The number of aliphatic hydroxyl groups is 1. The lowest BCUT2D eigenvalue weighted by Gasteiger charge is -2.41. The first-order valence-corrected chi connectivity index (χ1v) is 8.84. The van der Waals surface area contributed by atoms with Crippen LogP contribution in [-0.4, -0.2) is 47.1 Å². The Morgan fingerprint density at radius 2 is 2.17 bits per heavy atom. The Bertz CT molecular complexity index is 594. The second kappa shape index (κ2) is 8.94. The van der Waals surface area contributed by atoms with Gasteiger partial charge in [-0.1, -0.05) is 37.2 Å². The maximum absolute atomic E-state index is 12.0. The van der Waals surface area contributed by atoms with E-state index >= 15 is 0 Å². The summed E-state index contributed by atoms with van der Waals surface area (Å²) in [5, 5.41) is 14.2. The van der Waals surface area contributed by atoms with E-state index in [4.69, 9.17) is 15.0 Å². The van der Waals surface area contributed by atoms with E-state index in [1.54, 1.807) is 24.3 Å². The molecule has 1 saturated heterocycles. The molecule has 1 aliphatic rings. The zero-order valence-corrected chi connectivity index (χ0v) is 14.4. The lowest BCUT2D eigenvalue weighted by Crippen LogP contribution is -2.53. The summed E-state index contributed by atoms with van der Waals surface area (Å²) in [7, 11) is 0. The fraction of sp³-hybridized carbons (Fsp3) is 0.562. The highest BCUT2D eigenvalue weighted by atomic mass is 32.2. The largest absolute Gasteiger partial charge is 0.459 e. The summed E-state index contributed by atoms with van der Waals surface area (Å²) in [6.45, 7) is 3.73.